The van der Waals surface area contributed by atoms with Gasteiger partial charge in [-0.25, -0.2) is 4.79 Å². The third-order valence-electron chi connectivity index (χ3n) is 3.98. The maximum absolute atomic E-state index is 12.1. The molecule has 0 radical (unpaired) electrons. The third-order valence-corrected chi connectivity index (χ3v) is 3.98. The van der Waals surface area contributed by atoms with Gasteiger partial charge in [-0.1, -0.05) is 6.92 Å². The Kier molecular flexibility index (Phi) is 6.27. The van der Waals surface area contributed by atoms with Crippen LogP contribution in [-0.2, 0) is 19.0 Å². The molecule has 0 spiro atoms. The van der Waals surface area contributed by atoms with Crippen molar-refractivity contribution in [3.63, 3.8) is 0 Å². The van der Waals surface area contributed by atoms with E-state index in [0.717, 1.165) is 19.3 Å². The predicted molar refractivity (Wildman–Crippen MR) is 83.5 cm³/mol. The Bertz CT molecular complexity index is 386. The van der Waals surface area contributed by atoms with Gasteiger partial charge < -0.3 is 14.2 Å². The lowest BCUT2D eigenvalue weighted by Crippen LogP contribution is -2.35. The van der Waals surface area contributed by atoms with Crippen LogP contribution in [0.4, 0.5) is 4.79 Å². The summed E-state index contributed by atoms with van der Waals surface area (Å²) in [6.07, 6.45) is 2.75. The molecule has 5 nitrogen and oxygen atoms in total. The zero-order chi connectivity index (χ0) is 17.0. The van der Waals surface area contributed by atoms with Gasteiger partial charge in [0.15, 0.2) is 0 Å². The van der Waals surface area contributed by atoms with Crippen molar-refractivity contribution in [3.8, 4) is 0 Å². The monoisotopic (exact) mass is 314 g/mol. The summed E-state index contributed by atoms with van der Waals surface area (Å²) < 4.78 is 16.0. The van der Waals surface area contributed by atoms with Crippen LogP contribution in [0, 0.1) is 5.41 Å². The average molecular weight is 314 g/mol. The topological polar surface area (TPSA) is 61.8 Å². The van der Waals surface area contributed by atoms with Gasteiger partial charge in [-0.15, -0.1) is 0 Å². The van der Waals surface area contributed by atoms with Gasteiger partial charge in [0.1, 0.15) is 17.8 Å². The van der Waals surface area contributed by atoms with Crippen LogP contribution in [0.5, 0.6) is 0 Å². The second-order valence-corrected chi connectivity index (χ2v) is 7.62. The Morgan fingerprint density at radius 3 is 1.77 bits per heavy atom. The molecule has 0 atom stereocenters. The van der Waals surface area contributed by atoms with E-state index in [2.05, 4.69) is 0 Å². The van der Waals surface area contributed by atoms with Crippen molar-refractivity contribution in [3.05, 3.63) is 0 Å². The summed E-state index contributed by atoms with van der Waals surface area (Å²) in [6, 6.07) is 0. The Morgan fingerprint density at radius 1 is 0.909 bits per heavy atom. The van der Waals surface area contributed by atoms with Crippen molar-refractivity contribution in [1.29, 1.82) is 0 Å². The lowest BCUT2D eigenvalue weighted by molar-refractivity contribution is -0.162. The summed E-state index contributed by atoms with van der Waals surface area (Å²) in [5.41, 5.74) is -0.987. The molecule has 0 aromatic carbocycles. The standard InChI is InChI=1S/C17H30O5/c1-7-17(5,6)14(18)20-12-8-10-13(11-9-12)21-15(19)22-16(2,3)4/h12-13H,7-11H2,1-6H3. The van der Waals surface area contributed by atoms with Crippen molar-refractivity contribution >= 4 is 12.1 Å². The van der Waals surface area contributed by atoms with Crippen LogP contribution in [0.1, 0.15) is 73.6 Å². The fourth-order valence-corrected chi connectivity index (χ4v) is 2.13. The van der Waals surface area contributed by atoms with Crippen LogP contribution in [-0.4, -0.2) is 29.9 Å². The first kappa shape index (κ1) is 18.8. The van der Waals surface area contributed by atoms with Crippen molar-refractivity contribution < 1.29 is 23.8 Å². The van der Waals surface area contributed by atoms with Crippen molar-refractivity contribution in [2.24, 2.45) is 5.41 Å². The first-order valence-electron chi connectivity index (χ1n) is 8.14. The van der Waals surface area contributed by atoms with Gasteiger partial charge in [-0.3, -0.25) is 4.79 Å². The number of rotatable bonds is 4. The Morgan fingerprint density at radius 2 is 1.36 bits per heavy atom. The molecule has 0 N–H and O–H groups in total. The molecule has 1 aliphatic rings. The van der Waals surface area contributed by atoms with Crippen LogP contribution >= 0.6 is 0 Å². The molecule has 1 saturated carbocycles. The minimum absolute atomic E-state index is 0.0724. The molecule has 1 fully saturated rings. The maximum atomic E-state index is 12.1. The van der Waals surface area contributed by atoms with Crippen LogP contribution < -0.4 is 0 Å². The first-order valence-corrected chi connectivity index (χ1v) is 8.14. The van der Waals surface area contributed by atoms with E-state index in [1.165, 1.54) is 0 Å². The fourth-order valence-electron chi connectivity index (χ4n) is 2.13. The molecule has 128 valence electrons. The van der Waals surface area contributed by atoms with Crippen molar-refractivity contribution in [2.45, 2.75) is 91.5 Å². The molecule has 0 heterocycles. The minimum Gasteiger partial charge on any atom is -0.462 e. The normalized spacial score (nSPS) is 22.8. The Balaban J connectivity index is 2.35. The van der Waals surface area contributed by atoms with E-state index in [-0.39, 0.29) is 18.2 Å². The Hall–Kier alpha value is -1.26. The second-order valence-electron chi connectivity index (χ2n) is 7.62. The van der Waals surface area contributed by atoms with Gasteiger partial charge in [0.25, 0.3) is 0 Å². The van der Waals surface area contributed by atoms with E-state index >= 15 is 0 Å². The van der Waals surface area contributed by atoms with E-state index in [4.69, 9.17) is 14.2 Å². The highest BCUT2D eigenvalue weighted by atomic mass is 16.7. The number of carbonyl (C=O) groups is 2. The second kappa shape index (κ2) is 7.34. The zero-order valence-electron chi connectivity index (χ0n) is 14.7. The molecular formula is C17H30O5. The molecule has 1 rings (SSSR count). The zero-order valence-corrected chi connectivity index (χ0v) is 14.7. The summed E-state index contributed by atoms with van der Waals surface area (Å²) in [7, 11) is 0. The lowest BCUT2D eigenvalue weighted by Gasteiger charge is -2.31. The molecule has 0 saturated heterocycles. The SMILES string of the molecule is CCC(C)(C)C(=O)OC1CCC(OC(=O)OC(C)(C)C)CC1. The van der Waals surface area contributed by atoms with Gasteiger partial charge >= 0.3 is 12.1 Å². The molecule has 0 aromatic heterocycles. The minimum atomic E-state index is -0.625. The smallest absolute Gasteiger partial charge is 0.462 e. The van der Waals surface area contributed by atoms with Crippen LogP contribution in [0.3, 0.4) is 0 Å². The molecule has 22 heavy (non-hydrogen) atoms. The van der Waals surface area contributed by atoms with Gasteiger partial charge in [0.05, 0.1) is 5.41 Å². The van der Waals surface area contributed by atoms with Crippen molar-refractivity contribution in [1.82, 2.24) is 0 Å². The predicted octanol–water partition coefficient (Wildman–Crippen LogP) is 4.23. The highest BCUT2D eigenvalue weighted by molar-refractivity contribution is 5.76. The molecule has 1 aliphatic carbocycles. The third kappa shape index (κ3) is 6.24. The van der Waals surface area contributed by atoms with Crippen LogP contribution in [0.2, 0.25) is 0 Å². The number of hydrogen-bond acceptors (Lipinski definition) is 5. The highest BCUT2D eigenvalue weighted by Crippen LogP contribution is 2.28. The quantitative estimate of drug-likeness (QED) is 0.727. The van der Waals surface area contributed by atoms with E-state index in [1.54, 1.807) is 20.8 Å². The largest absolute Gasteiger partial charge is 0.509 e. The van der Waals surface area contributed by atoms with E-state index < -0.39 is 17.2 Å². The van der Waals surface area contributed by atoms with Gasteiger partial charge in [-0.2, -0.15) is 0 Å². The molecule has 0 aliphatic heterocycles. The van der Waals surface area contributed by atoms with Gasteiger partial charge in [0, 0.05) is 0 Å². The molecular weight excluding hydrogens is 284 g/mol. The van der Waals surface area contributed by atoms with Crippen LogP contribution in [0.15, 0.2) is 0 Å². The van der Waals surface area contributed by atoms with Gasteiger partial charge in [0.2, 0.25) is 0 Å². The summed E-state index contributed by atoms with van der Waals surface area (Å²) >= 11 is 0. The van der Waals surface area contributed by atoms with Crippen LogP contribution in [0.25, 0.3) is 0 Å². The highest BCUT2D eigenvalue weighted by Gasteiger charge is 2.32. The number of esters is 1. The van der Waals surface area contributed by atoms with E-state index in [1.807, 2.05) is 20.8 Å². The van der Waals surface area contributed by atoms with E-state index in [9.17, 15) is 9.59 Å². The molecule has 0 amide bonds. The first-order chi connectivity index (χ1) is 10.0. The molecule has 0 aromatic rings. The number of ether oxygens (including phenoxy) is 3. The molecule has 5 heteroatoms. The fraction of sp³-hybridized carbons (Fsp3) is 0.882. The summed E-state index contributed by atoms with van der Waals surface area (Å²) in [5.74, 6) is -0.147. The summed E-state index contributed by atoms with van der Waals surface area (Å²) in [6.45, 7) is 11.2. The number of carbonyl (C=O) groups excluding carboxylic acids is 2. The lowest BCUT2D eigenvalue weighted by atomic mass is 9.90. The maximum Gasteiger partial charge on any atom is 0.509 e. The van der Waals surface area contributed by atoms with Crippen molar-refractivity contribution in [2.75, 3.05) is 0 Å². The molecule has 0 unspecified atom stereocenters. The molecule has 0 bridgehead atoms. The van der Waals surface area contributed by atoms with Gasteiger partial charge in [-0.05, 0) is 66.7 Å². The van der Waals surface area contributed by atoms with E-state index in [0.29, 0.717) is 12.8 Å². The summed E-state index contributed by atoms with van der Waals surface area (Å²) in [4.78, 5) is 23.7. The Labute approximate surface area is 133 Å². The summed E-state index contributed by atoms with van der Waals surface area (Å²) in [5, 5.41) is 0. The number of hydrogen-bond donors (Lipinski definition) is 0. The average Bonchev–Trinajstić information content (AvgIpc) is 2.38.